The molecule has 0 N–H and O–H groups in total. The Bertz CT molecular complexity index is 1950. The van der Waals surface area contributed by atoms with Crippen LogP contribution in [0.1, 0.15) is 41.6 Å². The van der Waals surface area contributed by atoms with Crippen LogP contribution in [0.25, 0.3) is 6.08 Å². The van der Waals surface area contributed by atoms with Crippen LogP contribution in [0.4, 0.5) is 0 Å². The molecule has 0 radical (unpaired) electrons. The smallest absolute Gasteiger partial charge is 0.338 e. The first-order chi connectivity index (χ1) is 21.3. The molecule has 1 aromatic heterocycles. The highest BCUT2D eigenvalue weighted by atomic mass is 35.5. The molecule has 5 rings (SSSR count). The summed E-state index contributed by atoms with van der Waals surface area (Å²) in [5.74, 6) is 0.562. The van der Waals surface area contributed by atoms with E-state index in [2.05, 4.69) is 6.58 Å². The van der Waals surface area contributed by atoms with Crippen molar-refractivity contribution in [1.82, 2.24) is 4.57 Å². The number of methoxy groups -OCH3 is 2. The van der Waals surface area contributed by atoms with Crippen molar-refractivity contribution < 1.29 is 19.0 Å². The van der Waals surface area contributed by atoms with E-state index in [0.717, 1.165) is 22.3 Å². The fraction of sp³-hybridized carbons (Fsp3) is 0.206. The molecule has 44 heavy (non-hydrogen) atoms. The van der Waals surface area contributed by atoms with Crippen LogP contribution >= 0.6 is 34.5 Å². The molecule has 10 heteroatoms. The van der Waals surface area contributed by atoms with Gasteiger partial charge in [0, 0.05) is 5.56 Å². The van der Waals surface area contributed by atoms with E-state index in [1.165, 1.54) is 18.4 Å². The molecule has 226 valence electrons. The Morgan fingerprint density at radius 3 is 2.52 bits per heavy atom. The van der Waals surface area contributed by atoms with Gasteiger partial charge in [0.25, 0.3) is 5.56 Å². The fourth-order valence-electron chi connectivity index (χ4n) is 5.14. The van der Waals surface area contributed by atoms with Gasteiger partial charge in [0.2, 0.25) is 0 Å². The normalized spacial score (nSPS) is 14.6. The number of rotatable bonds is 10. The number of carbonyl (C=O) groups is 1. The highest BCUT2D eigenvalue weighted by Gasteiger charge is 2.33. The Labute approximate surface area is 269 Å². The number of allylic oxidation sites excluding steroid dienone is 2. The van der Waals surface area contributed by atoms with Crippen LogP contribution in [0.3, 0.4) is 0 Å². The lowest BCUT2D eigenvalue weighted by atomic mass is 9.95. The molecule has 0 saturated heterocycles. The van der Waals surface area contributed by atoms with Crippen LogP contribution in [0.2, 0.25) is 10.0 Å². The van der Waals surface area contributed by atoms with Crippen molar-refractivity contribution in [3.8, 4) is 11.5 Å². The summed E-state index contributed by atoms with van der Waals surface area (Å²) in [5, 5.41) is 0.916. The first-order valence-electron chi connectivity index (χ1n) is 13.9. The first-order valence-corrected chi connectivity index (χ1v) is 15.4. The molecule has 1 atom stereocenters. The van der Waals surface area contributed by atoms with Crippen LogP contribution in [-0.2, 0) is 22.6 Å². The molecule has 3 aromatic carbocycles. The SMILES string of the molecule is C=CCc1cc(/C=c2\sc3n(c2=O)[C@@H](c2ccccc2)C(C(=O)OC)=C(CC)N=3)cc(OC)c1OCc1ccc(Cl)c(Cl)c1. The second kappa shape index (κ2) is 13.7. The molecule has 1 aliphatic rings. The lowest BCUT2D eigenvalue weighted by Crippen LogP contribution is -2.40. The first kappa shape index (κ1) is 31.3. The summed E-state index contributed by atoms with van der Waals surface area (Å²) in [6.45, 7) is 6.07. The van der Waals surface area contributed by atoms with Gasteiger partial charge in [0.15, 0.2) is 16.3 Å². The fourth-order valence-corrected chi connectivity index (χ4v) is 6.48. The molecule has 2 heterocycles. The van der Waals surface area contributed by atoms with Gasteiger partial charge in [-0.2, -0.15) is 0 Å². The zero-order valence-electron chi connectivity index (χ0n) is 24.4. The minimum absolute atomic E-state index is 0.247. The molecule has 0 amide bonds. The van der Waals surface area contributed by atoms with E-state index < -0.39 is 12.0 Å². The molecule has 0 fully saturated rings. The van der Waals surface area contributed by atoms with Crippen LogP contribution < -0.4 is 24.4 Å². The zero-order valence-corrected chi connectivity index (χ0v) is 26.8. The Kier molecular flexibility index (Phi) is 9.74. The monoisotopic (exact) mass is 648 g/mol. The van der Waals surface area contributed by atoms with Crippen molar-refractivity contribution in [3.63, 3.8) is 0 Å². The summed E-state index contributed by atoms with van der Waals surface area (Å²) in [6, 6.07) is 17.9. The molecule has 7 nitrogen and oxygen atoms in total. The van der Waals surface area contributed by atoms with E-state index in [-0.39, 0.29) is 12.2 Å². The third-order valence-corrected chi connectivity index (χ3v) is 8.89. The van der Waals surface area contributed by atoms with Crippen LogP contribution in [0, 0.1) is 0 Å². The second-order valence-electron chi connectivity index (χ2n) is 9.94. The van der Waals surface area contributed by atoms with Gasteiger partial charge in [-0.3, -0.25) is 9.36 Å². The Morgan fingerprint density at radius 2 is 1.86 bits per heavy atom. The average molecular weight is 650 g/mol. The van der Waals surface area contributed by atoms with Gasteiger partial charge in [0.1, 0.15) is 6.61 Å². The van der Waals surface area contributed by atoms with Gasteiger partial charge in [-0.15, -0.1) is 6.58 Å². The van der Waals surface area contributed by atoms with Gasteiger partial charge in [-0.1, -0.05) is 83.9 Å². The molecule has 0 spiro atoms. The van der Waals surface area contributed by atoms with Gasteiger partial charge in [-0.25, -0.2) is 9.79 Å². The van der Waals surface area contributed by atoms with E-state index in [4.69, 9.17) is 42.4 Å². The number of hydrogen-bond donors (Lipinski definition) is 0. The number of carbonyl (C=O) groups excluding carboxylic acids is 1. The predicted octanol–water partition coefficient (Wildman–Crippen LogP) is 6.42. The Hall–Kier alpha value is -4.11. The highest BCUT2D eigenvalue weighted by Crippen LogP contribution is 2.35. The van der Waals surface area contributed by atoms with E-state index in [1.807, 2.05) is 55.5 Å². The lowest BCUT2D eigenvalue weighted by molar-refractivity contribution is -0.136. The Balaban J connectivity index is 1.61. The van der Waals surface area contributed by atoms with Crippen molar-refractivity contribution in [3.05, 3.63) is 137 Å². The maximum atomic E-state index is 14.0. The number of hydrogen-bond acceptors (Lipinski definition) is 7. The average Bonchev–Trinajstić information content (AvgIpc) is 3.34. The van der Waals surface area contributed by atoms with Crippen molar-refractivity contribution in [2.24, 2.45) is 4.99 Å². The molecular weight excluding hydrogens is 619 g/mol. The standard InChI is InChI=1S/C34H30Cl2N2O5S/c1-5-10-23-15-21(17-27(41-3)31(23)43-19-20-13-14-24(35)25(36)16-20)18-28-32(39)38-30(22-11-8-7-9-12-22)29(33(40)42-4)26(6-2)37-34(38)44-28/h5,7-9,11-18,30H,1,6,10,19H2,2-4H3/b28-18-/t30-/m0/s1. The zero-order chi connectivity index (χ0) is 31.4. The maximum Gasteiger partial charge on any atom is 0.338 e. The summed E-state index contributed by atoms with van der Waals surface area (Å²) < 4.78 is 19.1. The molecule has 0 saturated carbocycles. The summed E-state index contributed by atoms with van der Waals surface area (Å²) in [7, 11) is 2.90. The largest absolute Gasteiger partial charge is 0.493 e. The quantitative estimate of drug-likeness (QED) is 0.146. The molecule has 0 aliphatic carbocycles. The van der Waals surface area contributed by atoms with E-state index >= 15 is 0 Å². The number of thiazole rings is 1. The van der Waals surface area contributed by atoms with E-state index in [1.54, 1.807) is 36.0 Å². The summed E-state index contributed by atoms with van der Waals surface area (Å²) in [5.41, 5.74) is 3.91. The number of ether oxygens (including phenoxy) is 3. The minimum Gasteiger partial charge on any atom is -0.493 e. The summed E-state index contributed by atoms with van der Waals surface area (Å²) in [4.78, 5) is 32.3. The minimum atomic E-state index is -0.667. The van der Waals surface area contributed by atoms with Crippen LogP contribution in [0.15, 0.2) is 94.4 Å². The Morgan fingerprint density at radius 1 is 1.09 bits per heavy atom. The van der Waals surface area contributed by atoms with E-state index in [0.29, 0.717) is 55.0 Å². The third-order valence-electron chi connectivity index (χ3n) is 7.17. The molecule has 1 aliphatic heterocycles. The highest BCUT2D eigenvalue weighted by molar-refractivity contribution is 7.07. The third kappa shape index (κ3) is 6.24. The van der Waals surface area contributed by atoms with Crippen molar-refractivity contribution in [1.29, 1.82) is 0 Å². The van der Waals surface area contributed by atoms with Crippen molar-refractivity contribution >= 4 is 46.6 Å². The summed E-state index contributed by atoms with van der Waals surface area (Å²) >= 11 is 13.5. The van der Waals surface area contributed by atoms with Crippen molar-refractivity contribution in [2.45, 2.75) is 32.4 Å². The number of benzene rings is 3. The van der Waals surface area contributed by atoms with Crippen LogP contribution in [-0.4, -0.2) is 24.8 Å². The van der Waals surface area contributed by atoms with Crippen LogP contribution in [0.5, 0.6) is 11.5 Å². The van der Waals surface area contributed by atoms with Gasteiger partial charge in [0.05, 0.1) is 46.1 Å². The number of halogens is 2. The van der Waals surface area contributed by atoms with Crippen molar-refractivity contribution in [2.75, 3.05) is 14.2 Å². The number of esters is 1. The number of aromatic nitrogens is 1. The van der Waals surface area contributed by atoms with Gasteiger partial charge in [-0.05, 0) is 59.9 Å². The van der Waals surface area contributed by atoms with Gasteiger partial charge >= 0.3 is 5.97 Å². The summed E-state index contributed by atoms with van der Waals surface area (Å²) in [6.07, 6.45) is 4.59. The molecule has 0 bridgehead atoms. The second-order valence-corrected chi connectivity index (χ2v) is 11.8. The van der Waals surface area contributed by atoms with E-state index in [9.17, 15) is 9.59 Å². The maximum absolute atomic E-state index is 14.0. The number of nitrogens with zero attached hydrogens (tertiary/aromatic N) is 2. The van der Waals surface area contributed by atoms with Gasteiger partial charge < -0.3 is 14.2 Å². The lowest BCUT2D eigenvalue weighted by Gasteiger charge is -2.25. The molecule has 4 aromatic rings. The topological polar surface area (TPSA) is 79.1 Å². The molecular formula is C34H30Cl2N2O5S. The molecule has 0 unspecified atom stereocenters. The predicted molar refractivity (Wildman–Crippen MR) is 175 cm³/mol. The number of fused-ring (bicyclic) bond motifs is 1.